The van der Waals surface area contributed by atoms with E-state index in [4.69, 9.17) is 33.1 Å². The quantitative estimate of drug-likeness (QED) is 0.457. The van der Waals surface area contributed by atoms with Gasteiger partial charge in [0, 0.05) is 4.47 Å². The number of hydrogen-bond acceptors (Lipinski definition) is 3. The fraction of sp³-hybridized carbons (Fsp3) is 0.0714. The second kappa shape index (κ2) is 6.97. The summed E-state index contributed by atoms with van der Waals surface area (Å²) >= 11 is 15.6. The van der Waals surface area contributed by atoms with E-state index in [1.54, 1.807) is 12.1 Å². The number of halogens is 3. The van der Waals surface area contributed by atoms with Gasteiger partial charge >= 0.3 is 0 Å². The molecular formula is C14H10BrCl2NO2. The number of ether oxygens (including phenoxy) is 1. The van der Waals surface area contributed by atoms with Crippen molar-refractivity contribution >= 4 is 45.3 Å². The number of nitrogens with zero attached hydrogens (tertiary/aromatic N) is 1. The molecule has 0 aliphatic heterocycles. The normalized spacial score (nSPS) is 10.9. The zero-order valence-corrected chi connectivity index (χ0v) is 13.3. The maximum Gasteiger partial charge on any atom is 0.157 e. The second-order valence-electron chi connectivity index (χ2n) is 3.98. The number of rotatable bonds is 4. The zero-order chi connectivity index (χ0) is 14.5. The molecule has 104 valence electrons. The third-order valence-corrected chi connectivity index (χ3v) is 3.55. The van der Waals surface area contributed by atoms with Crippen LogP contribution in [0.2, 0.25) is 10.0 Å². The maximum absolute atomic E-state index is 8.50. The van der Waals surface area contributed by atoms with E-state index in [1.165, 1.54) is 6.21 Å². The molecule has 0 amide bonds. The van der Waals surface area contributed by atoms with Crippen molar-refractivity contribution in [3.8, 4) is 5.75 Å². The highest BCUT2D eigenvalue weighted by Gasteiger charge is 2.09. The van der Waals surface area contributed by atoms with Gasteiger partial charge in [-0.2, -0.15) is 0 Å². The van der Waals surface area contributed by atoms with Crippen molar-refractivity contribution < 1.29 is 9.94 Å². The van der Waals surface area contributed by atoms with Crippen LogP contribution in [-0.4, -0.2) is 11.4 Å². The molecule has 6 heteroatoms. The van der Waals surface area contributed by atoms with Crippen molar-refractivity contribution in [3.05, 3.63) is 62.0 Å². The summed E-state index contributed by atoms with van der Waals surface area (Å²) in [6.45, 7) is 0.353. The lowest BCUT2D eigenvalue weighted by atomic mass is 10.2. The Morgan fingerprint density at radius 3 is 2.50 bits per heavy atom. The average molecular weight is 375 g/mol. The number of hydrogen-bond donors (Lipinski definition) is 1. The molecule has 0 radical (unpaired) electrons. The van der Waals surface area contributed by atoms with Crippen LogP contribution in [0.4, 0.5) is 0 Å². The van der Waals surface area contributed by atoms with Gasteiger partial charge in [0.05, 0.1) is 16.3 Å². The average Bonchev–Trinajstić information content (AvgIpc) is 2.38. The Hall–Kier alpha value is -1.23. The summed E-state index contributed by atoms with van der Waals surface area (Å²) in [5, 5.41) is 12.2. The molecule has 0 fully saturated rings. The second-order valence-corrected chi connectivity index (χ2v) is 5.71. The van der Waals surface area contributed by atoms with Gasteiger partial charge in [-0.05, 0) is 35.4 Å². The minimum Gasteiger partial charge on any atom is -0.486 e. The molecule has 0 saturated heterocycles. The Morgan fingerprint density at radius 2 is 1.90 bits per heavy atom. The highest BCUT2D eigenvalue weighted by molar-refractivity contribution is 9.10. The topological polar surface area (TPSA) is 41.8 Å². The van der Waals surface area contributed by atoms with Crippen molar-refractivity contribution in [1.29, 1.82) is 0 Å². The van der Waals surface area contributed by atoms with Crippen LogP contribution in [0.15, 0.2) is 46.0 Å². The summed E-state index contributed by atoms with van der Waals surface area (Å²) < 4.78 is 6.63. The van der Waals surface area contributed by atoms with Crippen LogP contribution >= 0.6 is 39.1 Å². The molecule has 2 aromatic carbocycles. The fourth-order valence-electron chi connectivity index (χ4n) is 1.64. The van der Waals surface area contributed by atoms with Gasteiger partial charge < -0.3 is 9.94 Å². The fourth-order valence-corrected chi connectivity index (χ4v) is 2.70. The highest BCUT2D eigenvalue weighted by atomic mass is 79.9. The monoisotopic (exact) mass is 373 g/mol. The van der Waals surface area contributed by atoms with Crippen molar-refractivity contribution in [3.63, 3.8) is 0 Å². The van der Waals surface area contributed by atoms with Gasteiger partial charge in [0.2, 0.25) is 0 Å². The maximum atomic E-state index is 8.50. The summed E-state index contributed by atoms with van der Waals surface area (Å²) in [5.41, 5.74) is 1.59. The minimum atomic E-state index is 0.353. The van der Waals surface area contributed by atoms with Gasteiger partial charge in [0.1, 0.15) is 6.61 Å². The van der Waals surface area contributed by atoms with Crippen LogP contribution in [0.5, 0.6) is 5.75 Å². The highest BCUT2D eigenvalue weighted by Crippen LogP contribution is 2.34. The van der Waals surface area contributed by atoms with Crippen molar-refractivity contribution in [1.82, 2.24) is 0 Å². The first kappa shape index (κ1) is 15.2. The Kier molecular flexibility index (Phi) is 5.29. The molecule has 0 aliphatic carbocycles. The third kappa shape index (κ3) is 3.88. The lowest BCUT2D eigenvalue weighted by molar-refractivity contribution is 0.306. The van der Waals surface area contributed by atoms with Gasteiger partial charge in [-0.15, -0.1) is 0 Å². The van der Waals surface area contributed by atoms with Crippen molar-refractivity contribution in [2.24, 2.45) is 5.16 Å². The van der Waals surface area contributed by atoms with E-state index in [1.807, 2.05) is 24.3 Å². The number of oxime groups is 1. The third-order valence-electron chi connectivity index (χ3n) is 2.50. The van der Waals surface area contributed by atoms with Gasteiger partial charge in [-0.25, -0.2) is 0 Å². The summed E-state index contributed by atoms with van der Waals surface area (Å²) in [5.74, 6) is 0.406. The van der Waals surface area contributed by atoms with E-state index in [0.717, 1.165) is 10.0 Å². The molecule has 0 heterocycles. The molecule has 3 nitrogen and oxygen atoms in total. The number of benzene rings is 2. The molecule has 0 saturated carbocycles. The first-order valence-corrected chi connectivity index (χ1v) is 7.19. The van der Waals surface area contributed by atoms with Crippen LogP contribution in [0.3, 0.4) is 0 Å². The SMILES string of the molecule is O/N=C\c1cc(Cl)c(OCc2cccc(Br)c2)c(Cl)c1. The molecule has 0 unspecified atom stereocenters. The summed E-state index contributed by atoms with van der Waals surface area (Å²) in [4.78, 5) is 0. The van der Waals surface area contributed by atoms with Crippen LogP contribution in [0, 0.1) is 0 Å². The Balaban J connectivity index is 2.17. The van der Waals surface area contributed by atoms with E-state index in [-0.39, 0.29) is 0 Å². The van der Waals surface area contributed by atoms with E-state index in [2.05, 4.69) is 21.1 Å². The molecule has 20 heavy (non-hydrogen) atoms. The lowest BCUT2D eigenvalue weighted by Crippen LogP contribution is -1.97. The standard InChI is InChI=1S/C14H10BrCl2NO2/c15-11-3-1-2-9(4-11)8-20-14-12(16)5-10(7-18-19)6-13(14)17/h1-7,19H,8H2/b18-7-. The first-order valence-electron chi connectivity index (χ1n) is 5.64. The van der Waals surface area contributed by atoms with E-state index >= 15 is 0 Å². The van der Waals surface area contributed by atoms with Gasteiger partial charge in [-0.1, -0.05) is 56.4 Å². The molecule has 2 rings (SSSR count). The van der Waals surface area contributed by atoms with Crippen molar-refractivity contribution in [2.75, 3.05) is 0 Å². The predicted molar refractivity (Wildman–Crippen MR) is 84.3 cm³/mol. The summed E-state index contributed by atoms with van der Waals surface area (Å²) in [6, 6.07) is 11.0. The van der Waals surface area contributed by atoms with E-state index < -0.39 is 0 Å². The predicted octanol–water partition coefficient (Wildman–Crippen LogP) is 5.14. The molecule has 1 N–H and O–H groups in total. The first-order chi connectivity index (χ1) is 9.60. The van der Waals surface area contributed by atoms with Gasteiger partial charge in [0.25, 0.3) is 0 Å². The summed E-state index contributed by atoms with van der Waals surface area (Å²) in [6.07, 6.45) is 1.25. The van der Waals surface area contributed by atoms with Gasteiger partial charge in [-0.3, -0.25) is 0 Å². The van der Waals surface area contributed by atoms with Crippen LogP contribution < -0.4 is 4.74 Å². The van der Waals surface area contributed by atoms with Gasteiger partial charge in [0.15, 0.2) is 5.75 Å². The van der Waals surface area contributed by atoms with Crippen LogP contribution in [-0.2, 0) is 6.61 Å². The van der Waals surface area contributed by atoms with E-state index in [0.29, 0.717) is 28.0 Å². The molecule has 0 bridgehead atoms. The smallest absolute Gasteiger partial charge is 0.157 e. The van der Waals surface area contributed by atoms with Crippen molar-refractivity contribution in [2.45, 2.75) is 6.61 Å². The minimum absolute atomic E-state index is 0.353. The zero-order valence-electron chi connectivity index (χ0n) is 10.2. The molecule has 0 atom stereocenters. The van der Waals surface area contributed by atoms with Crippen LogP contribution in [0.25, 0.3) is 0 Å². The molecule has 0 aromatic heterocycles. The Morgan fingerprint density at radius 1 is 1.20 bits per heavy atom. The summed E-state index contributed by atoms with van der Waals surface area (Å²) in [7, 11) is 0. The molecule has 2 aromatic rings. The largest absolute Gasteiger partial charge is 0.486 e. The molecular weight excluding hydrogens is 365 g/mol. The Labute approximate surface area is 134 Å². The Bertz CT molecular complexity index is 624. The molecule has 0 spiro atoms. The van der Waals surface area contributed by atoms with E-state index in [9.17, 15) is 0 Å². The van der Waals surface area contributed by atoms with Crippen LogP contribution in [0.1, 0.15) is 11.1 Å². The molecule has 0 aliphatic rings. The lowest BCUT2D eigenvalue weighted by Gasteiger charge is -2.11.